The third-order valence-electron chi connectivity index (χ3n) is 13.6. The summed E-state index contributed by atoms with van der Waals surface area (Å²) in [7, 11) is 0. The number of carbonyl (C=O) groups is 18. The zero-order valence-corrected chi connectivity index (χ0v) is 55.1. The van der Waals surface area contributed by atoms with Crippen LogP contribution in [0.1, 0.15) is 125 Å². The Morgan fingerprint density at radius 1 is 0.389 bits per heavy atom. The Kier molecular flexibility index (Phi) is 40.4. The maximum atomic E-state index is 13.9. The second-order valence-electron chi connectivity index (χ2n) is 22.6. The van der Waals surface area contributed by atoms with Crippen molar-refractivity contribution >= 4 is 132 Å². The summed E-state index contributed by atoms with van der Waals surface area (Å²) in [6.07, 6.45) is -5.12. The molecule has 0 saturated heterocycles. The van der Waals surface area contributed by atoms with Gasteiger partial charge in [0, 0.05) is 37.2 Å². The molecule has 0 unspecified atom stereocenters. The molecule has 0 aliphatic heterocycles. The standard InChI is InChI=1S/C55H91N15O23S2/c1-24(2)19-33(66-49(86)32(13-17-41(77)78)65-47(84)29(9-7-8-18-56)63-46(83)28(57)10-15-39(73)74)52(89)69-36(23-95)54(91)67-34(20-42(79)80)51(88)60-26(5)44(81)59-21-38(72)62-30(12-16-40(75)76)48(85)64-31(11-14-37(58)71)50(87)68-35(22-94)53(90)61-27(6)45(82)70-43(25(3)4)55(92)93/h24-36,43,94-95H,7-23,56-57H2,1-6H3,(H2,58,71)(H,59,81)(H,60,88)(H,61,90)(H,62,72)(H,63,83)(H,64,85)(H,65,84)(H,66,86)(H,67,91)(H,68,87)(H,69,89)(H,70,82)(H,73,74)(H,75,76)(H,77,78)(H,79,80)(H,92,93)/t26-,27-,28-,29-,30-,31-,32-,33-,34-,35-,36-,43-/m0/s1. The molecular formula is C55H91N15O23S2. The Hall–Kier alpha value is -8.92. The van der Waals surface area contributed by atoms with E-state index in [0.29, 0.717) is 6.42 Å². The van der Waals surface area contributed by atoms with E-state index in [1.807, 2.05) is 0 Å². The van der Waals surface area contributed by atoms with Crippen molar-refractivity contribution < 1.29 is 112 Å². The summed E-state index contributed by atoms with van der Waals surface area (Å²) in [5, 5.41) is 74.3. The van der Waals surface area contributed by atoms with Gasteiger partial charge in [-0.3, -0.25) is 81.5 Å². The van der Waals surface area contributed by atoms with E-state index in [9.17, 15) is 107 Å². The van der Waals surface area contributed by atoms with Crippen LogP contribution in [0.2, 0.25) is 0 Å². The van der Waals surface area contributed by atoms with Gasteiger partial charge < -0.3 is 107 Å². The molecule has 23 N–H and O–H groups in total. The number of rotatable bonds is 48. The topological polar surface area (TPSA) is 631 Å². The van der Waals surface area contributed by atoms with Gasteiger partial charge in [-0.2, -0.15) is 25.3 Å². The lowest BCUT2D eigenvalue weighted by Crippen LogP contribution is -2.60. The fourth-order valence-corrected chi connectivity index (χ4v) is 8.82. The molecule has 12 atom stereocenters. The van der Waals surface area contributed by atoms with E-state index in [-0.39, 0.29) is 38.1 Å². The van der Waals surface area contributed by atoms with Crippen LogP contribution in [0.15, 0.2) is 0 Å². The van der Waals surface area contributed by atoms with Crippen LogP contribution >= 0.6 is 25.3 Å². The van der Waals surface area contributed by atoms with E-state index < -0.39 is 254 Å². The molecule has 0 rings (SSSR count). The number of hydrogen-bond acceptors (Lipinski definition) is 22. The van der Waals surface area contributed by atoms with E-state index in [1.165, 1.54) is 20.8 Å². The molecule has 0 saturated carbocycles. The first-order chi connectivity index (χ1) is 44.3. The number of unbranched alkanes of at least 4 members (excludes halogenated alkanes) is 1. The second kappa shape index (κ2) is 44.6. The van der Waals surface area contributed by atoms with Crippen molar-refractivity contribution in [1.29, 1.82) is 0 Å². The summed E-state index contributed by atoms with van der Waals surface area (Å²) in [6, 6.07) is -18.9. The van der Waals surface area contributed by atoms with Gasteiger partial charge in [0.2, 0.25) is 76.8 Å². The van der Waals surface area contributed by atoms with Gasteiger partial charge in [0.25, 0.3) is 0 Å². The first kappa shape index (κ1) is 86.1. The molecule has 0 radical (unpaired) electrons. The van der Waals surface area contributed by atoms with Gasteiger partial charge in [0.1, 0.15) is 66.5 Å². The first-order valence-corrected chi connectivity index (χ1v) is 31.2. The van der Waals surface area contributed by atoms with E-state index in [0.717, 1.165) is 6.92 Å². The van der Waals surface area contributed by atoms with Gasteiger partial charge in [-0.25, -0.2) is 4.79 Å². The van der Waals surface area contributed by atoms with Crippen LogP contribution in [0.3, 0.4) is 0 Å². The zero-order valence-electron chi connectivity index (χ0n) is 53.3. The molecule has 0 aromatic heterocycles. The Morgan fingerprint density at radius 2 is 0.758 bits per heavy atom. The van der Waals surface area contributed by atoms with E-state index in [4.69, 9.17) is 22.3 Å². The minimum atomic E-state index is -1.98. The van der Waals surface area contributed by atoms with Crippen LogP contribution in [-0.2, 0) is 86.3 Å². The lowest BCUT2D eigenvalue weighted by molar-refractivity contribution is -0.143. The molecular weight excluding hydrogens is 1300 g/mol. The van der Waals surface area contributed by atoms with Crippen LogP contribution in [0.25, 0.3) is 0 Å². The summed E-state index contributed by atoms with van der Waals surface area (Å²) in [6.45, 7) is 7.84. The molecule has 0 fully saturated rings. The van der Waals surface area contributed by atoms with Crippen molar-refractivity contribution in [2.45, 2.75) is 198 Å². The Morgan fingerprint density at radius 3 is 1.18 bits per heavy atom. The fourth-order valence-electron chi connectivity index (χ4n) is 8.30. The molecule has 536 valence electrons. The number of carbonyl (C=O) groups excluding carboxylic acids is 13. The van der Waals surface area contributed by atoms with Gasteiger partial charge in [-0.1, -0.05) is 27.7 Å². The molecule has 13 amide bonds. The Bertz CT molecular complexity index is 2740. The number of carboxylic acids is 5. The third kappa shape index (κ3) is 35.2. The Balaban J connectivity index is 6.32. The van der Waals surface area contributed by atoms with Crippen LogP contribution in [0.4, 0.5) is 0 Å². The number of carboxylic acid groups (broad SMARTS) is 5. The number of nitrogens with one attached hydrogen (secondary N) is 12. The minimum absolute atomic E-state index is 0.0477. The number of amides is 13. The molecule has 0 aromatic carbocycles. The monoisotopic (exact) mass is 1390 g/mol. The molecule has 0 aromatic rings. The summed E-state index contributed by atoms with van der Waals surface area (Å²) in [5.41, 5.74) is 16.7. The van der Waals surface area contributed by atoms with Crippen molar-refractivity contribution in [3.63, 3.8) is 0 Å². The van der Waals surface area contributed by atoms with Crippen molar-refractivity contribution in [2.24, 2.45) is 29.0 Å². The molecule has 0 aliphatic rings. The van der Waals surface area contributed by atoms with Crippen molar-refractivity contribution in [3.05, 3.63) is 0 Å². The lowest BCUT2D eigenvalue weighted by atomic mass is 10.0. The van der Waals surface area contributed by atoms with Gasteiger partial charge in [0.05, 0.1) is 19.0 Å². The van der Waals surface area contributed by atoms with Gasteiger partial charge in [-0.05, 0) is 83.6 Å². The maximum Gasteiger partial charge on any atom is 0.326 e. The smallest absolute Gasteiger partial charge is 0.326 e. The average Bonchev–Trinajstić information content (AvgIpc) is 0.953. The van der Waals surface area contributed by atoms with E-state index in [2.05, 4.69) is 89.1 Å². The molecule has 0 aliphatic carbocycles. The average molecular weight is 1390 g/mol. The first-order valence-electron chi connectivity index (χ1n) is 29.9. The normalized spacial score (nSPS) is 14.8. The summed E-state index contributed by atoms with van der Waals surface area (Å²) in [5.74, 6) is -22.9. The molecule has 40 heteroatoms. The van der Waals surface area contributed by atoms with Crippen LogP contribution < -0.4 is 81.0 Å². The SMILES string of the molecule is CC(C)C[C@H](NC(=O)[C@H](CCC(=O)O)NC(=O)[C@H](CCCCN)NC(=O)[C@@H](N)CCC(=O)O)C(=O)N[C@@H](CS)C(=O)N[C@@H](CC(=O)O)C(=O)N[C@@H](C)C(=O)NCC(=O)N[C@@H](CCC(=O)O)C(=O)N[C@@H](CCC(N)=O)C(=O)N[C@@H](CS)C(=O)N[C@@H](C)C(=O)N[C@H](C(=O)O)C(C)C. The number of primary amides is 1. The molecule has 0 bridgehead atoms. The van der Waals surface area contributed by atoms with Crippen molar-refractivity contribution in [2.75, 3.05) is 24.6 Å². The highest BCUT2D eigenvalue weighted by Gasteiger charge is 2.36. The Labute approximate surface area is 556 Å². The van der Waals surface area contributed by atoms with Crippen LogP contribution in [0, 0.1) is 11.8 Å². The predicted octanol–water partition coefficient (Wildman–Crippen LogP) is -7.09. The van der Waals surface area contributed by atoms with E-state index >= 15 is 0 Å². The molecule has 95 heavy (non-hydrogen) atoms. The highest BCUT2D eigenvalue weighted by Crippen LogP contribution is 2.12. The largest absolute Gasteiger partial charge is 0.481 e. The zero-order chi connectivity index (χ0) is 73.0. The highest BCUT2D eigenvalue weighted by atomic mass is 32.1. The van der Waals surface area contributed by atoms with Crippen LogP contribution in [0.5, 0.6) is 0 Å². The summed E-state index contributed by atoms with van der Waals surface area (Å²) in [4.78, 5) is 231. The van der Waals surface area contributed by atoms with Gasteiger partial charge in [0.15, 0.2) is 0 Å². The number of aliphatic carboxylic acids is 5. The summed E-state index contributed by atoms with van der Waals surface area (Å²) >= 11 is 8.17. The quantitative estimate of drug-likeness (QED) is 0.0199. The van der Waals surface area contributed by atoms with Crippen LogP contribution in [-0.4, -0.2) is 229 Å². The predicted molar refractivity (Wildman–Crippen MR) is 337 cm³/mol. The van der Waals surface area contributed by atoms with Gasteiger partial charge in [-0.15, -0.1) is 0 Å². The van der Waals surface area contributed by atoms with Gasteiger partial charge >= 0.3 is 29.8 Å². The summed E-state index contributed by atoms with van der Waals surface area (Å²) < 4.78 is 0. The molecule has 0 heterocycles. The third-order valence-corrected chi connectivity index (χ3v) is 14.3. The lowest BCUT2D eigenvalue weighted by Gasteiger charge is -2.27. The number of hydrogen-bond donors (Lipinski definition) is 22. The number of thiol groups is 2. The molecule has 38 nitrogen and oxygen atoms in total. The second-order valence-corrected chi connectivity index (χ2v) is 23.3. The van der Waals surface area contributed by atoms with Crippen molar-refractivity contribution in [3.8, 4) is 0 Å². The van der Waals surface area contributed by atoms with E-state index in [1.54, 1.807) is 13.8 Å². The fraction of sp³-hybridized carbons (Fsp3) is 0.673. The highest BCUT2D eigenvalue weighted by molar-refractivity contribution is 7.80. The van der Waals surface area contributed by atoms with Crippen molar-refractivity contribution in [1.82, 2.24) is 63.8 Å². The maximum absolute atomic E-state index is 13.9. The minimum Gasteiger partial charge on any atom is -0.481 e. The number of nitrogens with two attached hydrogens (primary N) is 3. The molecule has 0 spiro atoms.